The van der Waals surface area contributed by atoms with Gasteiger partial charge >= 0.3 is 5.97 Å². The second-order valence-corrected chi connectivity index (χ2v) is 5.21. The van der Waals surface area contributed by atoms with Crippen molar-refractivity contribution in [2.24, 2.45) is 0 Å². The van der Waals surface area contributed by atoms with Crippen LogP contribution >= 0.6 is 0 Å². The lowest BCUT2D eigenvalue weighted by atomic mass is 10.1. The topological polar surface area (TPSA) is 64.6 Å². The predicted molar refractivity (Wildman–Crippen MR) is 80.6 cm³/mol. The van der Waals surface area contributed by atoms with Crippen molar-refractivity contribution >= 4 is 11.7 Å². The average molecular weight is 277 g/mol. The first-order chi connectivity index (χ1) is 9.66. The molecular formula is C15H23N3O2. The van der Waals surface area contributed by atoms with Crippen LogP contribution in [0.15, 0.2) is 18.2 Å². The number of piperazine rings is 1. The van der Waals surface area contributed by atoms with Crippen LogP contribution in [0, 0.1) is 6.92 Å². The van der Waals surface area contributed by atoms with Crippen molar-refractivity contribution in [3.8, 4) is 0 Å². The van der Waals surface area contributed by atoms with Gasteiger partial charge in [0.25, 0.3) is 0 Å². The molecule has 0 aliphatic carbocycles. The summed E-state index contributed by atoms with van der Waals surface area (Å²) in [5.74, 6) is -0.868. The van der Waals surface area contributed by atoms with Gasteiger partial charge in [0, 0.05) is 38.4 Å². The van der Waals surface area contributed by atoms with Gasteiger partial charge in [0.05, 0.1) is 5.56 Å². The smallest absolute Gasteiger partial charge is 0.335 e. The zero-order valence-corrected chi connectivity index (χ0v) is 12.0. The van der Waals surface area contributed by atoms with Crippen LogP contribution < -0.4 is 10.6 Å². The molecule has 0 bridgehead atoms. The number of aryl methyl sites for hydroxylation is 1. The van der Waals surface area contributed by atoms with E-state index in [-0.39, 0.29) is 0 Å². The van der Waals surface area contributed by atoms with Gasteiger partial charge in [-0.15, -0.1) is 0 Å². The fourth-order valence-electron chi connectivity index (χ4n) is 2.48. The quantitative estimate of drug-likeness (QED) is 0.686. The minimum absolute atomic E-state index is 0.372. The third kappa shape index (κ3) is 4.21. The standard InChI is InChI=1S/C15H23N3O2/c1-12-11-13(3-4-14(12)15(19)20)17-5-2-8-18-9-6-16-7-10-18/h3-4,11,16-17H,2,5-10H2,1H3,(H,19,20). The Morgan fingerprint density at radius 3 is 2.80 bits per heavy atom. The number of rotatable bonds is 6. The Morgan fingerprint density at radius 2 is 2.15 bits per heavy atom. The van der Waals surface area contributed by atoms with Gasteiger partial charge in [0.1, 0.15) is 0 Å². The molecule has 0 unspecified atom stereocenters. The van der Waals surface area contributed by atoms with Crippen LogP contribution in [0.4, 0.5) is 5.69 Å². The van der Waals surface area contributed by atoms with E-state index in [1.165, 1.54) is 0 Å². The van der Waals surface area contributed by atoms with Gasteiger partial charge < -0.3 is 20.6 Å². The van der Waals surface area contributed by atoms with Crippen LogP contribution in [-0.2, 0) is 0 Å². The molecule has 0 amide bonds. The number of benzene rings is 1. The maximum absolute atomic E-state index is 10.9. The normalized spacial score (nSPS) is 16.1. The molecule has 1 aliphatic heterocycles. The van der Waals surface area contributed by atoms with Gasteiger partial charge in [0.15, 0.2) is 0 Å². The Hall–Kier alpha value is -1.59. The van der Waals surface area contributed by atoms with Gasteiger partial charge in [-0.3, -0.25) is 0 Å². The second kappa shape index (κ2) is 7.26. The van der Waals surface area contributed by atoms with Gasteiger partial charge in [-0.25, -0.2) is 4.79 Å². The predicted octanol–water partition coefficient (Wildman–Crippen LogP) is 1.40. The second-order valence-electron chi connectivity index (χ2n) is 5.21. The van der Waals surface area contributed by atoms with E-state index in [4.69, 9.17) is 5.11 Å². The summed E-state index contributed by atoms with van der Waals surface area (Å²) >= 11 is 0. The van der Waals surface area contributed by atoms with E-state index >= 15 is 0 Å². The molecule has 5 nitrogen and oxygen atoms in total. The van der Waals surface area contributed by atoms with E-state index in [0.29, 0.717) is 5.56 Å². The molecule has 20 heavy (non-hydrogen) atoms. The van der Waals surface area contributed by atoms with E-state index in [1.807, 2.05) is 19.1 Å². The molecule has 1 saturated heterocycles. The lowest BCUT2D eigenvalue weighted by Gasteiger charge is -2.27. The van der Waals surface area contributed by atoms with E-state index in [0.717, 1.165) is 56.9 Å². The van der Waals surface area contributed by atoms with E-state index in [2.05, 4.69) is 15.5 Å². The summed E-state index contributed by atoms with van der Waals surface area (Å²) in [5, 5.41) is 15.7. The molecular weight excluding hydrogens is 254 g/mol. The number of carboxylic acids is 1. The Morgan fingerprint density at radius 1 is 1.40 bits per heavy atom. The van der Waals surface area contributed by atoms with Crippen LogP contribution in [0.2, 0.25) is 0 Å². The minimum Gasteiger partial charge on any atom is -0.478 e. The highest BCUT2D eigenvalue weighted by molar-refractivity contribution is 5.89. The summed E-state index contributed by atoms with van der Waals surface area (Å²) in [6.45, 7) is 8.29. The zero-order valence-electron chi connectivity index (χ0n) is 12.0. The van der Waals surface area contributed by atoms with Crippen molar-refractivity contribution < 1.29 is 9.90 Å². The third-order valence-corrected chi connectivity index (χ3v) is 3.65. The molecule has 3 N–H and O–H groups in total. The molecule has 0 aromatic heterocycles. The first-order valence-corrected chi connectivity index (χ1v) is 7.18. The maximum atomic E-state index is 10.9. The van der Waals surface area contributed by atoms with E-state index in [9.17, 15) is 4.79 Å². The molecule has 5 heteroatoms. The first-order valence-electron chi connectivity index (χ1n) is 7.18. The molecule has 2 rings (SSSR count). The molecule has 110 valence electrons. The molecule has 1 aromatic carbocycles. The van der Waals surface area contributed by atoms with Crippen molar-refractivity contribution in [2.75, 3.05) is 44.6 Å². The van der Waals surface area contributed by atoms with Crippen LogP contribution in [0.5, 0.6) is 0 Å². The molecule has 1 aliphatic rings. The summed E-state index contributed by atoms with van der Waals surface area (Å²) in [6, 6.07) is 5.39. The number of hydrogen-bond donors (Lipinski definition) is 3. The van der Waals surface area contributed by atoms with Crippen LogP contribution in [-0.4, -0.2) is 55.2 Å². The highest BCUT2D eigenvalue weighted by Gasteiger charge is 2.09. The summed E-state index contributed by atoms with van der Waals surface area (Å²) < 4.78 is 0. The summed E-state index contributed by atoms with van der Waals surface area (Å²) in [7, 11) is 0. The Balaban J connectivity index is 1.73. The monoisotopic (exact) mass is 277 g/mol. The largest absolute Gasteiger partial charge is 0.478 e. The summed E-state index contributed by atoms with van der Waals surface area (Å²) in [4.78, 5) is 13.4. The van der Waals surface area contributed by atoms with Gasteiger partial charge in [-0.05, 0) is 43.7 Å². The Bertz CT molecular complexity index is 456. The molecule has 0 spiro atoms. The number of aromatic carboxylic acids is 1. The highest BCUT2D eigenvalue weighted by Crippen LogP contribution is 2.15. The number of anilines is 1. The van der Waals surface area contributed by atoms with Crippen molar-refractivity contribution in [1.82, 2.24) is 10.2 Å². The number of carbonyl (C=O) groups is 1. The number of nitrogens with one attached hydrogen (secondary N) is 2. The van der Waals surface area contributed by atoms with Gasteiger partial charge in [-0.1, -0.05) is 0 Å². The SMILES string of the molecule is Cc1cc(NCCCN2CCNCC2)ccc1C(=O)O. The fourth-order valence-corrected chi connectivity index (χ4v) is 2.48. The van der Waals surface area contributed by atoms with Gasteiger partial charge in [-0.2, -0.15) is 0 Å². The zero-order chi connectivity index (χ0) is 14.4. The summed E-state index contributed by atoms with van der Waals surface area (Å²) in [6.07, 6.45) is 1.10. The van der Waals surface area contributed by atoms with E-state index in [1.54, 1.807) is 6.07 Å². The average Bonchev–Trinajstić information content (AvgIpc) is 2.44. The first kappa shape index (κ1) is 14.8. The highest BCUT2D eigenvalue weighted by atomic mass is 16.4. The van der Waals surface area contributed by atoms with Gasteiger partial charge in [0.2, 0.25) is 0 Å². The van der Waals surface area contributed by atoms with Crippen molar-refractivity contribution in [3.05, 3.63) is 29.3 Å². The number of hydrogen-bond acceptors (Lipinski definition) is 4. The Labute approximate surface area is 120 Å². The maximum Gasteiger partial charge on any atom is 0.335 e. The van der Waals surface area contributed by atoms with Crippen molar-refractivity contribution in [2.45, 2.75) is 13.3 Å². The van der Waals surface area contributed by atoms with Crippen LogP contribution in [0.25, 0.3) is 0 Å². The summed E-state index contributed by atoms with van der Waals surface area (Å²) in [5.41, 5.74) is 2.16. The van der Waals surface area contributed by atoms with Crippen LogP contribution in [0.1, 0.15) is 22.3 Å². The third-order valence-electron chi connectivity index (χ3n) is 3.65. The van der Waals surface area contributed by atoms with E-state index < -0.39 is 5.97 Å². The van der Waals surface area contributed by atoms with Crippen molar-refractivity contribution in [3.63, 3.8) is 0 Å². The minimum atomic E-state index is -0.868. The van der Waals surface area contributed by atoms with Crippen molar-refractivity contribution in [1.29, 1.82) is 0 Å². The molecule has 1 aromatic rings. The Kier molecular flexibility index (Phi) is 5.38. The fraction of sp³-hybridized carbons (Fsp3) is 0.533. The number of nitrogens with zero attached hydrogens (tertiary/aromatic N) is 1. The lowest BCUT2D eigenvalue weighted by molar-refractivity contribution is 0.0696. The molecule has 0 atom stereocenters. The molecule has 1 fully saturated rings. The lowest BCUT2D eigenvalue weighted by Crippen LogP contribution is -2.44. The molecule has 0 saturated carbocycles. The van der Waals surface area contributed by atoms with Crippen LogP contribution in [0.3, 0.4) is 0 Å². The molecule has 0 radical (unpaired) electrons. The number of carboxylic acid groups (broad SMARTS) is 1. The molecule has 1 heterocycles.